The smallest absolute Gasteiger partial charge is 0.387 e. The Morgan fingerprint density at radius 3 is 2.74 bits per heavy atom. The molecule has 148 valence electrons. The molecule has 0 saturated carbocycles. The molecule has 0 radical (unpaired) electrons. The summed E-state index contributed by atoms with van der Waals surface area (Å²) in [5.41, 5.74) is 1.54. The van der Waals surface area contributed by atoms with Crippen LogP contribution < -0.4 is 15.4 Å². The summed E-state index contributed by atoms with van der Waals surface area (Å²) in [7, 11) is 1.61. The summed E-state index contributed by atoms with van der Waals surface area (Å²) in [4.78, 5) is 4.48. The molecule has 0 fully saturated rings. The molecular formula is C19H25F2N3O3. The van der Waals surface area contributed by atoms with E-state index in [4.69, 9.17) is 9.15 Å². The van der Waals surface area contributed by atoms with E-state index in [1.807, 2.05) is 19.1 Å². The summed E-state index contributed by atoms with van der Waals surface area (Å²) in [6, 6.07) is 8.79. The van der Waals surface area contributed by atoms with Gasteiger partial charge in [0.05, 0.1) is 19.4 Å². The van der Waals surface area contributed by atoms with Crippen LogP contribution in [0.4, 0.5) is 8.78 Å². The zero-order valence-electron chi connectivity index (χ0n) is 15.5. The van der Waals surface area contributed by atoms with Crippen LogP contribution in [0.25, 0.3) is 0 Å². The van der Waals surface area contributed by atoms with Gasteiger partial charge in [0.2, 0.25) is 0 Å². The lowest BCUT2D eigenvalue weighted by molar-refractivity contribution is -0.0504. The predicted octanol–water partition coefficient (Wildman–Crippen LogP) is 3.11. The number of aryl methyl sites for hydroxylation is 1. The third kappa shape index (κ3) is 7.65. The average Bonchev–Trinajstić information content (AvgIpc) is 3.14. The van der Waals surface area contributed by atoms with Gasteiger partial charge < -0.3 is 24.5 Å². The van der Waals surface area contributed by atoms with Gasteiger partial charge in [-0.25, -0.2) is 4.99 Å². The number of rotatable bonds is 10. The number of nitrogens with one attached hydrogen (secondary N) is 2. The van der Waals surface area contributed by atoms with Crippen LogP contribution in [0.5, 0.6) is 5.75 Å². The number of alkyl halides is 2. The Bertz CT molecular complexity index is 706. The van der Waals surface area contributed by atoms with Crippen molar-refractivity contribution in [1.82, 2.24) is 10.6 Å². The standard InChI is InChI=1S/C19H25F2N3O3/c1-14-5-6-17(27-18(20)21)15(12-14)13-24-19(23-9-11-25-2)22-8-7-16-4-3-10-26-16/h3-6,10,12,18H,7-9,11,13H2,1-2H3,(H2,22,23,24). The maximum atomic E-state index is 12.6. The van der Waals surface area contributed by atoms with E-state index in [2.05, 4.69) is 20.4 Å². The first kappa shape index (κ1) is 20.7. The molecule has 0 bridgehead atoms. The number of hydrogen-bond donors (Lipinski definition) is 2. The van der Waals surface area contributed by atoms with E-state index in [9.17, 15) is 8.78 Å². The number of halogens is 2. The zero-order valence-corrected chi connectivity index (χ0v) is 15.5. The second-order valence-electron chi connectivity index (χ2n) is 5.83. The summed E-state index contributed by atoms with van der Waals surface area (Å²) in [5.74, 6) is 1.55. The van der Waals surface area contributed by atoms with Crippen molar-refractivity contribution in [2.24, 2.45) is 4.99 Å². The molecule has 2 aromatic rings. The largest absolute Gasteiger partial charge is 0.469 e. The molecule has 2 rings (SSSR count). The molecule has 0 atom stereocenters. The highest BCUT2D eigenvalue weighted by atomic mass is 19.3. The van der Waals surface area contributed by atoms with Crippen molar-refractivity contribution < 1.29 is 22.7 Å². The summed E-state index contributed by atoms with van der Waals surface area (Å²) in [6.07, 6.45) is 2.33. The number of benzene rings is 1. The Morgan fingerprint density at radius 1 is 1.22 bits per heavy atom. The van der Waals surface area contributed by atoms with Crippen molar-refractivity contribution in [2.45, 2.75) is 26.5 Å². The highest BCUT2D eigenvalue weighted by Crippen LogP contribution is 2.22. The van der Waals surface area contributed by atoms with E-state index >= 15 is 0 Å². The first-order valence-electron chi connectivity index (χ1n) is 8.66. The molecule has 6 nitrogen and oxygen atoms in total. The van der Waals surface area contributed by atoms with Crippen LogP contribution in [0.2, 0.25) is 0 Å². The van der Waals surface area contributed by atoms with Crippen LogP contribution in [0.3, 0.4) is 0 Å². The van der Waals surface area contributed by atoms with Crippen LogP contribution in [-0.4, -0.2) is 39.4 Å². The second kappa shape index (κ2) is 11.2. The molecule has 1 heterocycles. The molecule has 0 aliphatic carbocycles. The van der Waals surface area contributed by atoms with Gasteiger partial charge >= 0.3 is 6.61 Å². The number of aliphatic imine (C=N–C) groups is 1. The van der Waals surface area contributed by atoms with Gasteiger partial charge in [-0.15, -0.1) is 0 Å². The maximum Gasteiger partial charge on any atom is 0.387 e. The van der Waals surface area contributed by atoms with Crippen molar-refractivity contribution >= 4 is 5.96 Å². The van der Waals surface area contributed by atoms with Crippen molar-refractivity contribution in [1.29, 1.82) is 0 Å². The van der Waals surface area contributed by atoms with Gasteiger partial charge in [0.15, 0.2) is 5.96 Å². The Labute approximate surface area is 157 Å². The van der Waals surface area contributed by atoms with Crippen molar-refractivity contribution in [3.8, 4) is 5.75 Å². The molecule has 0 spiro atoms. The average molecular weight is 381 g/mol. The van der Waals surface area contributed by atoms with Crippen LogP contribution >= 0.6 is 0 Å². The normalized spacial score (nSPS) is 11.7. The Hall–Kier alpha value is -2.61. The van der Waals surface area contributed by atoms with Gasteiger partial charge in [0.1, 0.15) is 11.5 Å². The van der Waals surface area contributed by atoms with Gasteiger partial charge in [-0.05, 0) is 25.1 Å². The first-order chi connectivity index (χ1) is 13.1. The number of nitrogens with zero attached hydrogens (tertiary/aromatic N) is 1. The molecule has 0 unspecified atom stereocenters. The monoisotopic (exact) mass is 381 g/mol. The van der Waals surface area contributed by atoms with Gasteiger partial charge in [-0.2, -0.15) is 8.78 Å². The lowest BCUT2D eigenvalue weighted by atomic mass is 10.1. The molecule has 0 amide bonds. The van der Waals surface area contributed by atoms with E-state index in [1.54, 1.807) is 25.5 Å². The third-order valence-corrected chi connectivity index (χ3v) is 3.68. The van der Waals surface area contributed by atoms with E-state index in [-0.39, 0.29) is 12.3 Å². The predicted molar refractivity (Wildman–Crippen MR) is 99.2 cm³/mol. The fourth-order valence-electron chi connectivity index (χ4n) is 2.41. The van der Waals surface area contributed by atoms with E-state index in [0.29, 0.717) is 37.6 Å². The van der Waals surface area contributed by atoms with Gasteiger partial charge in [0.25, 0.3) is 0 Å². The lowest BCUT2D eigenvalue weighted by Gasteiger charge is -2.14. The van der Waals surface area contributed by atoms with Crippen molar-refractivity contribution in [3.63, 3.8) is 0 Å². The van der Waals surface area contributed by atoms with Gasteiger partial charge in [-0.3, -0.25) is 0 Å². The highest BCUT2D eigenvalue weighted by molar-refractivity contribution is 5.79. The van der Waals surface area contributed by atoms with Crippen molar-refractivity contribution in [2.75, 3.05) is 26.8 Å². The molecule has 8 heteroatoms. The summed E-state index contributed by atoms with van der Waals surface area (Å²) >= 11 is 0. The third-order valence-electron chi connectivity index (χ3n) is 3.68. The molecule has 2 N–H and O–H groups in total. The minimum Gasteiger partial charge on any atom is -0.469 e. The number of methoxy groups -OCH3 is 1. The number of guanidine groups is 1. The number of hydrogen-bond acceptors (Lipinski definition) is 4. The van der Waals surface area contributed by atoms with Crippen LogP contribution in [0.15, 0.2) is 46.0 Å². The van der Waals surface area contributed by atoms with Gasteiger partial charge in [0, 0.05) is 32.2 Å². The quantitative estimate of drug-likeness (QED) is 0.376. The molecular weight excluding hydrogens is 356 g/mol. The van der Waals surface area contributed by atoms with E-state index < -0.39 is 6.61 Å². The Morgan fingerprint density at radius 2 is 2.04 bits per heavy atom. The fraction of sp³-hybridized carbons (Fsp3) is 0.421. The minimum atomic E-state index is -2.87. The number of ether oxygens (including phenoxy) is 2. The zero-order chi connectivity index (χ0) is 19.5. The Balaban J connectivity index is 2.02. The van der Waals surface area contributed by atoms with E-state index in [0.717, 1.165) is 11.3 Å². The van der Waals surface area contributed by atoms with Gasteiger partial charge in [-0.1, -0.05) is 17.7 Å². The number of furan rings is 1. The second-order valence-corrected chi connectivity index (χ2v) is 5.83. The molecule has 0 aliphatic rings. The summed E-state index contributed by atoms with van der Waals surface area (Å²) in [5, 5.41) is 6.34. The first-order valence-corrected chi connectivity index (χ1v) is 8.66. The van der Waals surface area contributed by atoms with Crippen LogP contribution in [-0.2, 0) is 17.7 Å². The fourth-order valence-corrected chi connectivity index (χ4v) is 2.41. The molecule has 0 saturated heterocycles. The van der Waals surface area contributed by atoms with E-state index in [1.165, 1.54) is 6.07 Å². The van der Waals surface area contributed by atoms with Crippen LogP contribution in [0.1, 0.15) is 16.9 Å². The SMILES string of the molecule is COCCNC(=NCc1cc(C)ccc1OC(F)F)NCCc1ccco1. The molecule has 27 heavy (non-hydrogen) atoms. The van der Waals surface area contributed by atoms with Crippen molar-refractivity contribution in [3.05, 3.63) is 53.5 Å². The lowest BCUT2D eigenvalue weighted by Crippen LogP contribution is -2.40. The maximum absolute atomic E-state index is 12.6. The summed E-state index contributed by atoms with van der Waals surface area (Å²) in [6.45, 7) is 0.910. The highest BCUT2D eigenvalue weighted by Gasteiger charge is 2.10. The molecule has 1 aromatic carbocycles. The molecule has 1 aromatic heterocycles. The Kier molecular flexibility index (Phi) is 8.57. The topological polar surface area (TPSA) is 68.0 Å². The van der Waals surface area contributed by atoms with Crippen LogP contribution in [0, 0.1) is 6.92 Å². The summed E-state index contributed by atoms with van der Waals surface area (Å²) < 4.78 is 40.1. The minimum absolute atomic E-state index is 0.131. The molecule has 0 aliphatic heterocycles.